The van der Waals surface area contributed by atoms with Crippen molar-refractivity contribution in [3.8, 4) is 11.3 Å². The summed E-state index contributed by atoms with van der Waals surface area (Å²) in [5, 5.41) is 2.57. The maximum absolute atomic E-state index is 6.11. The molecule has 1 aromatic carbocycles. The standard InChI is InChI=1S/C16H14ClN3O/c1-2-21-10-16-19-14(8-15(17)20-16)13-5-3-4-11-9-18-7-6-12(11)13/h3-9H,2,10H2,1H3. The van der Waals surface area contributed by atoms with Crippen LogP contribution in [0.15, 0.2) is 42.7 Å². The first-order valence-electron chi connectivity index (χ1n) is 6.72. The fraction of sp³-hybridized carbons (Fsp3) is 0.188. The number of halogens is 1. The highest BCUT2D eigenvalue weighted by Crippen LogP contribution is 2.28. The van der Waals surface area contributed by atoms with Crippen LogP contribution >= 0.6 is 11.6 Å². The number of benzene rings is 1. The fourth-order valence-electron chi connectivity index (χ4n) is 2.21. The Kier molecular flexibility index (Phi) is 4.08. The summed E-state index contributed by atoms with van der Waals surface area (Å²) in [5.74, 6) is 0.588. The van der Waals surface area contributed by atoms with Gasteiger partial charge in [-0.2, -0.15) is 0 Å². The summed E-state index contributed by atoms with van der Waals surface area (Å²) in [4.78, 5) is 12.9. The molecule has 0 bridgehead atoms. The highest BCUT2D eigenvalue weighted by Gasteiger charge is 2.09. The second kappa shape index (κ2) is 6.16. The Morgan fingerprint density at radius 1 is 1.19 bits per heavy atom. The minimum Gasteiger partial charge on any atom is -0.374 e. The Labute approximate surface area is 127 Å². The Hall–Kier alpha value is -2.04. The Morgan fingerprint density at radius 2 is 2.10 bits per heavy atom. The van der Waals surface area contributed by atoms with Crippen molar-refractivity contribution in [3.63, 3.8) is 0 Å². The van der Waals surface area contributed by atoms with Crippen LogP contribution < -0.4 is 0 Å². The topological polar surface area (TPSA) is 47.9 Å². The number of rotatable bonds is 4. The van der Waals surface area contributed by atoms with E-state index in [0.717, 1.165) is 22.0 Å². The molecule has 106 valence electrons. The van der Waals surface area contributed by atoms with Gasteiger partial charge >= 0.3 is 0 Å². The number of aromatic nitrogens is 3. The van der Waals surface area contributed by atoms with Crippen LogP contribution in [0.3, 0.4) is 0 Å². The number of ether oxygens (including phenoxy) is 1. The molecule has 0 spiro atoms. The maximum Gasteiger partial charge on any atom is 0.156 e. The van der Waals surface area contributed by atoms with Crippen molar-refractivity contribution in [3.05, 3.63) is 53.7 Å². The van der Waals surface area contributed by atoms with Crippen molar-refractivity contribution >= 4 is 22.4 Å². The lowest BCUT2D eigenvalue weighted by molar-refractivity contribution is 0.128. The quantitative estimate of drug-likeness (QED) is 0.686. The first-order chi connectivity index (χ1) is 10.3. The van der Waals surface area contributed by atoms with Gasteiger partial charge in [-0.15, -0.1) is 0 Å². The summed E-state index contributed by atoms with van der Waals surface area (Å²) in [6.45, 7) is 2.91. The van der Waals surface area contributed by atoms with E-state index in [4.69, 9.17) is 16.3 Å². The summed E-state index contributed by atoms with van der Waals surface area (Å²) in [6, 6.07) is 9.77. The first kappa shape index (κ1) is 13.9. The minimum atomic E-state index is 0.358. The number of pyridine rings is 1. The van der Waals surface area contributed by atoms with Crippen molar-refractivity contribution in [2.75, 3.05) is 6.61 Å². The van der Waals surface area contributed by atoms with Gasteiger partial charge < -0.3 is 4.74 Å². The summed E-state index contributed by atoms with van der Waals surface area (Å²) >= 11 is 6.11. The van der Waals surface area contributed by atoms with Crippen molar-refractivity contribution in [1.82, 2.24) is 15.0 Å². The SMILES string of the molecule is CCOCc1nc(Cl)cc(-c2cccc3cnccc23)n1. The number of hydrogen-bond acceptors (Lipinski definition) is 4. The van der Waals surface area contributed by atoms with E-state index >= 15 is 0 Å². The molecule has 0 radical (unpaired) electrons. The van der Waals surface area contributed by atoms with E-state index in [-0.39, 0.29) is 0 Å². The molecule has 0 aliphatic carbocycles. The molecule has 0 unspecified atom stereocenters. The van der Waals surface area contributed by atoms with E-state index in [9.17, 15) is 0 Å². The van der Waals surface area contributed by atoms with Gasteiger partial charge in [-0.1, -0.05) is 29.8 Å². The van der Waals surface area contributed by atoms with Crippen LogP contribution in [-0.2, 0) is 11.3 Å². The van der Waals surface area contributed by atoms with Gasteiger partial charge in [0.2, 0.25) is 0 Å². The van der Waals surface area contributed by atoms with Gasteiger partial charge in [0.15, 0.2) is 5.82 Å². The molecular formula is C16H14ClN3O. The molecule has 21 heavy (non-hydrogen) atoms. The molecule has 3 rings (SSSR count). The molecule has 4 nitrogen and oxygen atoms in total. The normalized spacial score (nSPS) is 11.0. The summed E-state index contributed by atoms with van der Waals surface area (Å²) in [5.41, 5.74) is 1.80. The molecule has 0 atom stereocenters. The highest BCUT2D eigenvalue weighted by molar-refractivity contribution is 6.29. The van der Waals surface area contributed by atoms with Crippen molar-refractivity contribution in [2.45, 2.75) is 13.5 Å². The molecule has 0 saturated heterocycles. The van der Waals surface area contributed by atoms with E-state index < -0.39 is 0 Å². The van der Waals surface area contributed by atoms with Crippen molar-refractivity contribution in [2.24, 2.45) is 0 Å². The van der Waals surface area contributed by atoms with Gasteiger partial charge in [0.1, 0.15) is 11.8 Å². The Morgan fingerprint density at radius 3 is 2.95 bits per heavy atom. The number of fused-ring (bicyclic) bond motifs is 1. The molecular weight excluding hydrogens is 286 g/mol. The lowest BCUT2D eigenvalue weighted by Gasteiger charge is -2.08. The van der Waals surface area contributed by atoms with Crippen molar-refractivity contribution in [1.29, 1.82) is 0 Å². The highest BCUT2D eigenvalue weighted by atomic mass is 35.5. The van der Waals surface area contributed by atoms with Crippen LogP contribution in [0.25, 0.3) is 22.0 Å². The average Bonchev–Trinajstić information content (AvgIpc) is 2.52. The third-order valence-electron chi connectivity index (χ3n) is 3.13. The average molecular weight is 300 g/mol. The van der Waals surface area contributed by atoms with Crippen LogP contribution in [0.5, 0.6) is 0 Å². The molecule has 0 saturated carbocycles. The largest absolute Gasteiger partial charge is 0.374 e. The zero-order valence-electron chi connectivity index (χ0n) is 11.6. The van der Waals surface area contributed by atoms with E-state index in [0.29, 0.717) is 24.2 Å². The lowest BCUT2D eigenvalue weighted by Crippen LogP contribution is -2.01. The predicted molar refractivity (Wildman–Crippen MR) is 83.1 cm³/mol. The number of hydrogen-bond donors (Lipinski definition) is 0. The van der Waals surface area contributed by atoms with Gasteiger partial charge in [-0.05, 0) is 18.4 Å². The summed E-state index contributed by atoms with van der Waals surface area (Å²) in [7, 11) is 0. The third-order valence-corrected chi connectivity index (χ3v) is 3.33. The van der Waals surface area contributed by atoms with Crippen LogP contribution in [0, 0.1) is 0 Å². The van der Waals surface area contributed by atoms with E-state index in [1.54, 1.807) is 12.3 Å². The second-order valence-electron chi connectivity index (χ2n) is 4.53. The maximum atomic E-state index is 6.11. The second-order valence-corrected chi connectivity index (χ2v) is 4.92. The molecule has 0 amide bonds. The third kappa shape index (κ3) is 3.01. The lowest BCUT2D eigenvalue weighted by atomic mass is 10.0. The minimum absolute atomic E-state index is 0.358. The zero-order valence-corrected chi connectivity index (χ0v) is 12.3. The molecule has 2 aromatic heterocycles. The predicted octanol–water partition coefficient (Wildman–Crippen LogP) is 3.88. The Bertz CT molecular complexity index is 771. The Balaban J connectivity index is 2.12. The molecule has 0 fully saturated rings. The monoisotopic (exact) mass is 299 g/mol. The van der Waals surface area contributed by atoms with E-state index in [1.807, 2.05) is 37.4 Å². The molecule has 5 heteroatoms. The number of nitrogens with zero attached hydrogens (tertiary/aromatic N) is 3. The van der Waals surface area contributed by atoms with Gasteiger partial charge in [-0.3, -0.25) is 4.98 Å². The van der Waals surface area contributed by atoms with Crippen LogP contribution in [0.4, 0.5) is 0 Å². The van der Waals surface area contributed by atoms with E-state index in [2.05, 4.69) is 15.0 Å². The zero-order chi connectivity index (χ0) is 14.7. The van der Waals surface area contributed by atoms with Crippen LogP contribution in [0.2, 0.25) is 5.15 Å². The molecule has 2 heterocycles. The van der Waals surface area contributed by atoms with Gasteiger partial charge in [0, 0.05) is 36.0 Å². The molecule has 0 aliphatic rings. The van der Waals surface area contributed by atoms with Gasteiger partial charge in [0.05, 0.1) is 5.69 Å². The van der Waals surface area contributed by atoms with Crippen molar-refractivity contribution < 1.29 is 4.74 Å². The first-order valence-corrected chi connectivity index (χ1v) is 7.10. The molecule has 0 aliphatic heterocycles. The smallest absolute Gasteiger partial charge is 0.156 e. The summed E-state index contributed by atoms with van der Waals surface area (Å²) < 4.78 is 5.36. The van der Waals surface area contributed by atoms with Gasteiger partial charge in [0.25, 0.3) is 0 Å². The molecule has 0 N–H and O–H groups in total. The summed E-state index contributed by atoms with van der Waals surface area (Å²) in [6.07, 6.45) is 3.61. The fourth-order valence-corrected chi connectivity index (χ4v) is 2.41. The molecule has 3 aromatic rings. The van der Waals surface area contributed by atoms with Gasteiger partial charge in [-0.25, -0.2) is 9.97 Å². The van der Waals surface area contributed by atoms with Crippen LogP contribution in [-0.4, -0.2) is 21.6 Å². The van der Waals surface area contributed by atoms with Crippen LogP contribution in [0.1, 0.15) is 12.7 Å². The van der Waals surface area contributed by atoms with E-state index in [1.165, 1.54) is 0 Å².